The highest BCUT2D eigenvalue weighted by Crippen LogP contribution is 2.26. The molecule has 0 bridgehead atoms. The summed E-state index contributed by atoms with van der Waals surface area (Å²) in [6, 6.07) is 3.91. The summed E-state index contributed by atoms with van der Waals surface area (Å²) >= 11 is 0. The van der Waals surface area contributed by atoms with Gasteiger partial charge >= 0.3 is 11.8 Å². The lowest BCUT2D eigenvalue weighted by Gasteiger charge is -2.26. The topological polar surface area (TPSA) is 78.4 Å². The van der Waals surface area contributed by atoms with Gasteiger partial charge in [0.05, 0.1) is 5.60 Å². The van der Waals surface area contributed by atoms with Crippen LogP contribution in [0.3, 0.4) is 0 Å². The summed E-state index contributed by atoms with van der Waals surface area (Å²) in [5, 5.41) is 15.4. The number of nitrogens with one attached hydrogen (secondary N) is 2. The van der Waals surface area contributed by atoms with E-state index in [4.69, 9.17) is 0 Å². The van der Waals surface area contributed by atoms with Crippen molar-refractivity contribution in [1.82, 2.24) is 5.32 Å². The second-order valence-corrected chi connectivity index (χ2v) is 6.23. The fourth-order valence-electron chi connectivity index (χ4n) is 2.83. The highest BCUT2D eigenvalue weighted by atomic mass is 19.1. The summed E-state index contributed by atoms with van der Waals surface area (Å²) in [7, 11) is 0. The molecule has 0 aliphatic heterocycles. The molecule has 0 saturated heterocycles. The number of halogens is 1. The van der Waals surface area contributed by atoms with Crippen LogP contribution in [0.2, 0.25) is 0 Å². The molecule has 1 aromatic rings. The molecule has 23 heavy (non-hydrogen) atoms. The summed E-state index contributed by atoms with van der Waals surface area (Å²) in [5.41, 5.74) is -0.00798. The standard InChI is InChI=1S/C17H23FN2O3/c1-12-10-13(18)6-7-14(12)20-16(22)15(21)19-11-17(23)8-4-2-3-5-9-17/h6-7,10,23H,2-5,8-9,11H2,1H3,(H,19,21)(H,20,22). The average Bonchev–Trinajstić information content (AvgIpc) is 2.73. The van der Waals surface area contributed by atoms with E-state index in [0.29, 0.717) is 24.1 Å². The Balaban J connectivity index is 1.88. The van der Waals surface area contributed by atoms with Crippen LogP contribution in [0.15, 0.2) is 18.2 Å². The maximum Gasteiger partial charge on any atom is 0.313 e. The molecule has 126 valence electrons. The second kappa shape index (κ2) is 7.55. The molecular formula is C17H23FN2O3. The lowest BCUT2D eigenvalue weighted by atomic mass is 9.94. The van der Waals surface area contributed by atoms with Gasteiger partial charge in [-0.25, -0.2) is 4.39 Å². The summed E-state index contributed by atoms with van der Waals surface area (Å²) in [6.45, 7) is 1.71. The molecular weight excluding hydrogens is 299 g/mol. The number of carbonyl (C=O) groups is 2. The zero-order valence-electron chi connectivity index (χ0n) is 13.3. The van der Waals surface area contributed by atoms with Gasteiger partial charge in [0.1, 0.15) is 5.82 Å². The fourth-order valence-corrected chi connectivity index (χ4v) is 2.83. The monoisotopic (exact) mass is 322 g/mol. The third kappa shape index (κ3) is 5.03. The largest absolute Gasteiger partial charge is 0.388 e. The molecule has 3 N–H and O–H groups in total. The van der Waals surface area contributed by atoms with E-state index in [0.717, 1.165) is 25.7 Å². The molecule has 5 nitrogen and oxygen atoms in total. The molecule has 0 spiro atoms. The Morgan fingerprint density at radius 2 is 1.83 bits per heavy atom. The number of carbonyl (C=O) groups excluding carboxylic acids is 2. The quantitative estimate of drug-likeness (QED) is 0.590. The third-order valence-electron chi connectivity index (χ3n) is 4.26. The molecule has 0 heterocycles. The van der Waals surface area contributed by atoms with Crippen LogP contribution in [-0.4, -0.2) is 29.1 Å². The average molecular weight is 322 g/mol. The maximum atomic E-state index is 13.0. The predicted molar refractivity (Wildman–Crippen MR) is 85.4 cm³/mol. The van der Waals surface area contributed by atoms with E-state index in [9.17, 15) is 19.1 Å². The summed E-state index contributed by atoms with van der Waals surface area (Å²) < 4.78 is 13.0. The maximum absolute atomic E-state index is 13.0. The van der Waals surface area contributed by atoms with Crippen molar-refractivity contribution >= 4 is 17.5 Å². The van der Waals surface area contributed by atoms with Crippen molar-refractivity contribution in [2.24, 2.45) is 0 Å². The first-order chi connectivity index (χ1) is 10.9. The molecule has 0 unspecified atom stereocenters. The minimum atomic E-state index is -0.932. The van der Waals surface area contributed by atoms with Crippen molar-refractivity contribution in [2.45, 2.75) is 51.0 Å². The molecule has 1 aliphatic carbocycles. The fraction of sp³-hybridized carbons (Fsp3) is 0.529. The Labute approximate surface area is 135 Å². The van der Waals surface area contributed by atoms with Gasteiger partial charge in [0.15, 0.2) is 0 Å². The van der Waals surface area contributed by atoms with Crippen molar-refractivity contribution < 1.29 is 19.1 Å². The van der Waals surface area contributed by atoms with Crippen molar-refractivity contribution in [1.29, 1.82) is 0 Å². The number of benzene rings is 1. The van der Waals surface area contributed by atoms with E-state index in [1.165, 1.54) is 18.2 Å². The Bertz CT molecular complexity index is 581. The van der Waals surface area contributed by atoms with Crippen LogP contribution in [-0.2, 0) is 9.59 Å². The number of hydrogen-bond acceptors (Lipinski definition) is 3. The first-order valence-corrected chi connectivity index (χ1v) is 7.97. The lowest BCUT2D eigenvalue weighted by Crippen LogP contribution is -2.46. The Kier molecular flexibility index (Phi) is 5.71. The molecule has 1 saturated carbocycles. The Morgan fingerprint density at radius 1 is 1.17 bits per heavy atom. The minimum Gasteiger partial charge on any atom is -0.388 e. The van der Waals surface area contributed by atoms with Crippen LogP contribution in [0.1, 0.15) is 44.1 Å². The zero-order chi connectivity index (χ0) is 16.9. The van der Waals surface area contributed by atoms with Gasteiger partial charge in [-0.2, -0.15) is 0 Å². The predicted octanol–water partition coefficient (Wildman–Crippen LogP) is 2.27. The highest BCUT2D eigenvalue weighted by Gasteiger charge is 2.29. The van der Waals surface area contributed by atoms with Gasteiger partial charge < -0.3 is 15.7 Å². The minimum absolute atomic E-state index is 0.0711. The molecule has 1 aliphatic rings. The van der Waals surface area contributed by atoms with Crippen LogP contribution in [0.4, 0.5) is 10.1 Å². The van der Waals surface area contributed by atoms with E-state index in [-0.39, 0.29) is 6.54 Å². The van der Waals surface area contributed by atoms with Gasteiger partial charge in [-0.3, -0.25) is 9.59 Å². The molecule has 0 atom stereocenters. The van der Waals surface area contributed by atoms with Gasteiger partial charge in [-0.05, 0) is 43.5 Å². The molecule has 1 fully saturated rings. The molecule has 0 aromatic heterocycles. The first kappa shape index (κ1) is 17.4. The van der Waals surface area contributed by atoms with Gasteiger partial charge in [0.25, 0.3) is 0 Å². The van der Waals surface area contributed by atoms with Crippen LogP contribution < -0.4 is 10.6 Å². The van der Waals surface area contributed by atoms with Crippen molar-refractivity contribution in [2.75, 3.05) is 11.9 Å². The van der Waals surface area contributed by atoms with Crippen LogP contribution in [0.5, 0.6) is 0 Å². The van der Waals surface area contributed by atoms with Gasteiger partial charge in [0.2, 0.25) is 0 Å². The smallest absolute Gasteiger partial charge is 0.313 e. The Hall–Kier alpha value is -1.95. The van der Waals surface area contributed by atoms with E-state index >= 15 is 0 Å². The summed E-state index contributed by atoms with van der Waals surface area (Å²) in [5.74, 6) is -2.02. The molecule has 0 radical (unpaired) electrons. The van der Waals surface area contributed by atoms with Gasteiger partial charge in [-0.1, -0.05) is 25.7 Å². The zero-order valence-corrected chi connectivity index (χ0v) is 13.3. The van der Waals surface area contributed by atoms with Crippen molar-refractivity contribution in [3.05, 3.63) is 29.6 Å². The van der Waals surface area contributed by atoms with E-state index in [1.807, 2.05) is 0 Å². The molecule has 2 rings (SSSR count). The van der Waals surface area contributed by atoms with Crippen LogP contribution in [0.25, 0.3) is 0 Å². The normalized spacial score (nSPS) is 17.2. The number of aliphatic hydroxyl groups is 1. The van der Waals surface area contributed by atoms with E-state index in [1.54, 1.807) is 6.92 Å². The molecule has 2 amide bonds. The van der Waals surface area contributed by atoms with E-state index < -0.39 is 23.2 Å². The summed E-state index contributed by atoms with van der Waals surface area (Å²) in [4.78, 5) is 23.8. The third-order valence-corrected chi connectivity index (χ3v) is 4.26. The number of anilines is 1. The second-order valence-electron chi connectivity index (χ2n) is 6.23. The van der Waals surface area contributed by atoms with Gasteiger partial charge in [0, 0.05) is 12.2 Å². The molecule has 6 heteroatoms. The summed E-state index contributed by atoms with van der Waals surface area (Å²) in [6.07, 6.45) is 5.28. The Morgan fingerprint density at radius 3 is 2.43 bits per heavy atom. The van der Waals surface area contributed by atoms with Gasteiger partial charge in [-0.15, -0.1) is 0 Å². The van der Waals surface area contributed by atoms with E-state index in [2.05, 4.69) is 10.6 Å². The number of amides is 2. The SMILES string of the molecule is Cc1cc(F)ccc1NC(=O)C(=O)NCC1(O)CCCCCC1. The number of aryl methyl sites for hydroxylation is 1. The lowest BCUT2D eigenvalue weighted by molar-refractivity contribution is -0.136. The van der Waals surface area contributed by atoms with Crippen LogP contribution >= 0.6 is 0 Å². The highest BCUT2D eigenvalue weighted by molar-refractivity contribution is 6.39. The first-order valence-electron chi connectivity index (χ1n) is 7.97. The molecule has 1 aromatic carbocycles. The number of hydrogen-bond donors (Lipinski definition) is 3. The van der Waals surface area contributed by atoms with Crippen LogP contribution in [0, 0.1) is 12.7 Å². The number of rotatable bonds is 3. The van der Waals surface area contributed by atoms with Crippen molar-refractivity contribution in [3.63, 3.8) is 0 Å². The van der Waals surface area contributed by atoms with Crippen molar-refractivity contribution in [3.8, 4) is 0 Å².